The van der Waals surface area contributed by atoms with Crippen LogP contribution in [-0.4, -0.2) is 6.54 Å². The van der Waals surface area contributed by atoms with Gasteiger partial charge in [-0.05, 0) is 37.3 Å². The molecule has 0 radical (unpaired) electrons. The monoisotopic (exact) mass is 163 g/mol. The van der Waals surface area contributed by atoms with Crippen molar-refractivity contribution in [3.8, 4) is 0 Å². The van der Waals surface area contributed by atoms with Gasteiger partial charge in [0.15, 0.2) is 0 Å². The van der Waals surface area contributed by atoms with Gasteiger partial charge in [-0.15, -0.1) is 0 Å². The Morgan fingerprint density at radius 2 is 2.25 bits per heavy atom. The fraction of sp³-hybridized carbons (Fsp3) is 0.636. The topological polar surface area (TPSA) is 12.0 Å². The molecule has 0 unspecified atom stereocenters. The SMILES string of the molecule is CCCC1=CC2=C(CCN2)CC1. The van der Waals surface area contributed by atoms with Crippen LogP contribution in [0.1, 0.15) is 39.0 Å². The van der Waals surface area contributed by atoms with Gasteiger partial charge in [-0.25, -0.2) is 0 Å². The minimum Gasteiger partial charge on any atom is -0.385 e. The van der Waals surface area contributed by atoms with Crippen molar-refractivity contribution in [1.82, 2.24) is 5.32 Å². The lowest BCUT2D eigenvalue weighted by molar-refractivity contribution is 0.787. The second kappa shape index (κ2) is 3.34. The molecule has 2 rings (SSSR count). The van der Waals surface area contributed by atoms with Crippen molar-refractivity contribution in [2.75, 3.05) is 6.54 Å². The molecular formula is C11H17N. The van der Waals surface area contributed by atoms with E-state index in [-0.39, 0.29) is 0 Å². The van der Waals surface area contributed by atoms with Crippen molar-refractivity contribution in [2.45, 2.75) is 39.0 Å². The van der Waals surface area contributed by atoms with Crippen molar-refractivity contribution >= 4 is 0 Å². The molecule has 12 heavy (non-hydrogen) atoms. The molecule has 1 nitrogen and oxygen atoms in total. The molecule has 2 aliphatic rings. The molecule has 0 bridgehead atoms. The zero-order valence-corrected chi connectivity index (χ0v) is 7.82. The largest absolute Gasteiger partial charge is 0.385 e. The van der Waals surface area contributed by atoms with Crippen LogP contribution in [0.5, 0.6) is 0 Å². The Hall–Kier alpha value is -0.720. The maximum absolute atomic E-state index is 3.45. The molecule has 0 aromatic carbocycles. The third-order valence-corrected chi connectivity index (χ3v) is 2.79. The van der Waals surface area contributed by atoms with Gasteiger partial charge in [0.25, 0.3) is 0 Å². The molecule has 1 N–H and O–H groups in total. The van der Waals surface area contributed by atoms with Crippen molar-refractivity contribution < 1.29 is 0 Å². The molecule has 66 valence electrons. The van der Waals surface area contributed by atoms with E-state index in [1.165, 1.54) is 44.3 Å². The van der Waals surface area contributed by atoms with E-state index in [4.69, 9.17) is 0 Å². The van der Waals surface area contributed by atoms with Crippen LogP contribution in [0.4, 0.5) is 0 Å². The summed E-state index contributed by atoms with van der Waals surface area (Å²) in [5, 5.41) is 3.45. The second-order valence-corrected chi connectivity index (χ2v) is 3.75. The second-order valence-electron chi connectivity index (χ2n) is 3.75. The fourth-order valence-corrected chi connectivity index (χ4v) is 2.13. The molecule has 0 saturated carbocycles. The van der Waals surface area contributed by atoms with Crippen LogP contribution in [0.25, 0.3) is 0 Å². The molecule has 1 aliphatic carbocycles. The summed E-state index contributed by atoms with van der Waals surface area (Å²) in [7, 11) is 0. The molecule has 0 fully saturated rings. The van der Waals surface area contributed by atoms with Gasteiger partial charge in [0.1, 0.15) is 0 Å². The summed E-state index contributed by atoms with van der Waals surface area (Å²) in [5.41, 5.74) is 4.75. The first-order chi connectivity index (χ1) is 5.90. The molecule has 1 aliphatic heterocycles. The zero-order chi connectivity index (χ0) is 8.39. The Bertz CT molecular complexity index is 235. The third-order valence-electron chi connectivity index (χ3n) is 2.79. The van der Waals surface area contributed by atoms with E-state index < -0.39 is 0 Å². The zero-order valence-electron chi connectivity index (χ0n) is 7.82. The van der Waals surface area contributed by atoms with Crippen LogP contribution < -0.4 is 5.32 Å². The molecule has 1 heterocycles. The van der Waals surface area contributed by atoms with Gasteiger partial charge in [-0.2, -0.15) is 0 Å². The lowest BCUT2D eigenvalue weighted by Crippen LogP contribution is -2.07. The summed E-state index contributed by atoms with van der Waals surface area (Å²) in [4.78, 5) is 0. The minimum atomic E-state index is 1.17. The summed E-state index contributed by atoms with van der Waals surface area (Å²) in [6.45, 7) is 3.42. The van der Waals surface area contributed by atoms with Crippen LogP contribution in [0, 0.1) is 0 Å². The average molecular weight is 163 g/mol. The number of hydrogen-bond donors (Lipinski definition) is 1. The Kier molecular flexibility index (Phi) is 2.20. The van der Waals surface area contributed by atoms with E-state index in [2.05, 4.69) is 18.3 Å². The predicted octanol–water partition coefficient (Wildman–Crippen LogP) is 2.75. The van der Waals surface area contributed by atoms with Gasteiger partial charge in [0, 0.05) is 12.2 Å². The fourth-order valence-electron chi connectivity index (χ4n) is 2.13. The maximum atomic E-state index is 3.45. The summed E-state index contributed by atoms with van der Waals surface area (Å²) < 4.78 is 0. The summed E-state index contributed by atoms with van der Waals surface area (Å²) in [6, 6.07) is 0. The highest BCUT2D eigenvalue weighted by molar-refractivity contribution is 5.35. The number of nitrogens with one attached hydrogen (secondary N) is 1. The number of hydrogen-bond acceptors (Lipinski definition) is 1. The van der Waals surface area contributed by atoms with Gasteiger partial charge in [-0.3, -0.25) is 0 Å². The summed E-state index contributed by atoms with van der Waals surface area (Å²) in [6.07, 6.45) is 8.87. The molecule has 0 atom stereocenters. The van der Waals surface area contributed by atoms with E-state index in [0.717, 1.165) is 0 Å². The molecule has 0 amide bonds. The quantitative estimate of drug-likeness (QED) is 0.660. The molecule has 0 spiro atoms. The van der Waals surface area contributed by atoms with Gasteiger partial charge >= 0.3 is 0 Å². The molecule has 0 saturated heterocycles. The summed E-state index contributed by atoms with van der Waals surface area (Å²) >= 11 is 0. The first kappa shape index (κ1) is 7.90. The molecular weight excluding hydrogens is 146 g/mol. The Balaban J connectivity index is 2.10. The lowest BCUT2D eigenvalue weighted by Gasteiger charge is -2.14. The van der Waals surface area contributed by atoms with E-state index in [1.54, 1.807) is 11.1 Å². The maximum Gasteiger partial charge on any atom is 0.0332 e. The van der Waals surface area contributed by atoms with E-state index in [0.29, 0.717) is 0 Å². The number of rotatable bonds is 2. The normalized spacial score (nSPS) is 21.9. The van der Waals surface area contributed by atoms with Gasteiger partial charge in [0.2, 0.25) is 0 Å². The van der Waals surface area contributed by atoms with E-state index in [1.807, 2.05) is 0 Å². The standard InChI is InChI=1S/C11H17N/c1-2-3-9-4-5-10-6-7-12-11(10)8-9/h8,12H,2-7H2,1H3. The predicted molar refractivity (Wildman–Crippen MR) is 51.9 cm³/mol. The van der Waals surface area contributed by atoms with Crippen molar-refractivity contribution in [3.05, 3.63) is 22.9 Å². The van der Waals surface area contributed by atoms with Gasteiger partial charge in [-0.1, -0.05) is 18.9 Å². The first-order valence-electron chi connectivity index (χ1n) is 5.05. The Labute approximate surface area is 74.5 Å². The van der Waals surface area contributed by atoms with Crippen molar-refractivity contribution in [3.63, 3.8) is 0 Å². The van der Waals surface area contributed by atoms with E-state index >= 15 is 0 Å². The van der Waals surface area contributed by atoms with Crippen LogP contribution in [0.15, 0.2) is 22.9 Å². The lowest BCUT2D eigenvalue weighted by atomic mass is 9.94. The smallest absolute Gasteiger partial charge is 0.0332 e. The number of allylic oxidation sites excluding steroid dienone is 2. The van der Waals surface area contributed by atoms with Crippen LogP contribution in [0.3, 0.4) is 0 Å². The highest BCUT2D eigenvalue weighted by Gasteiger charge is 2.16. The first-order valence-corrected chi connectivity index (χ1v) is 5.05. The molecule has 0 aromatic rings. The minimum absolute atomic E-state index is 1.17. The van der Waals surface area contributed by atoms with E-state index in [9.17, 15) is 0 Å². The van der Waals surface area contributed by atoms with Crippen LogP contribution >= 0.6 is 0 Å². The highest BCUT2D eigenvalue weighted by atomic mass is 14.9. The third kappa shape index (κ3) is 1.40. The van der Waals surface area contributed by atoms with Crippen molar-refractivity contribution in [1.29, 1.82) is 0 Å². The molecule has 0 aromatic heterocycles. The van der Waals surface area contributed by atoms with Gasteiger partial charge < -0.3 is 5.32 Å². The van der Waals surface area contributed by atoms with Crippen LogP contribution in [0.2, 0.25) is 0 Å². The highest BCUT2D eigenvalue weighted by Crippen LogP contribution is 2.29. The Morgan fingerprint density at radius 3 is 3.08 bits per heavy atom. The van der Waals surface area contributed by atoms with Gasteiger partial charge in [0.05, 0.1) is 0 Å². The Morgan fingerprint density at radius 1 is 1.33 bits per heavy atom. The molecule has 1 heteroatoms. The van der Waals surface area contributed by atoms with Crippen molar-refractivity contribution in [2.24, 2.45) is 0 Å². The van der Waals surface area contributed by atoms with Crippen LogP contribution in [-0.2, 0) is 0 Å². The summed E-state index contributed by atoms with van der Waals surface area (Å²) in [5.74, 6) is 0. The average Bonchev–Trinajstić information content (AvgIpc) is 2.51.